The molecule has 0 radical (unpaired) electrons. The van der Waals surface area contributed by atoms with Crippen molar-refractivity contribution in [1.82, 2.24) is 9.97 Å². The highest BCUT2D eigenvalue weighted by Crippen LogP contribution is 2.24. The molecular formula is C14H10N4. The molecule has 86 valence electrons. The number of aromatic nitrogens is 2. The molecular weight excluding hydrogens is 224 g/mol. The second-order valence-corrected chi connectivity index (χ2v) is 4.08. The van der Waals surface area contributed by atoms with Crippen molar-refractivity contribution in [3.8, 4) is 17.3 Å². The first-order valence-corrected chi connectivity index (χ1v) is 5.51. The summed E-state index contributed by atoms with van der Waals surface area (Å²) in [5.41, 5.74) is 9.79. The van der Waals surface area contributed by atoms with E-state index in [0.29, 0.717) is 11.3 Å². The van der Waals surface area contributed by atoms with Crippen molar-refractivity contribution in [2.24, 2.45) is 0 Å². The summed E-state index contributed by atoms with van der Waals surface area (Å²) in [7, 11) is 0. The zero-order valence-corrected chi connectivity index (χ0v) is 9.51. The first-order valence-electron chi connectivity index (χ1n) is 5.51. The summed E-state index contributed by atoms with van der Waals surface area (Å²) in [5, 5.41) is 9.74. The van der Waals surface area contributed by atoms with Crippen LogP contribution in [0.2, 0.25) is 0 Å². The van der Waals surface area contributed by atoms with E-state index in [4.69, 9.17) is 11.0 Å². The van der Waals surface area contributed by atoms with E-state index in [0.717, 1.165) is 22.3 Å². The first-order chi connectivity index (χ1) is 8.76. The van der Waals surface area contributed by atoms with Gasteiger partial charge in [-0.25, -0.2) is 4.98 Å². The van der Waals surface area contributed by atoms with Crippen LogP contribution >= 0.6 is 0 Å². The number of nitriles is 1. The normalized spacial score (nSPS) is 10.4. The Morgan fingerprint density at radius 2 is 1.94 bits per heavy atom. The number of nitrogens with zero attached hydrogens (tertiary/aromatic N) is 2. The molecule has 2 aromatic heterocycles. The van der Waals surface area contributed by atoms with Crippen LogP contribution in [-0.2, 0) is 0 Å². The SMILES string of the molecule is N#Cc1ccc(-c2cc3cc(N)cnc3[nH]2)cc1. The van der Waals surface area contributed by atoms with Crippen LogP contribution < -0.4 is 5.73 Å². The lowest BCUT2D eigenvalue weighted by Crippen LogP contribution is -1.85. The van der Waals surface area contributed by atoms with Gasteiger partial charge in [-0.3, -0.25) is 0 Å². The van der Waals surface area contributed by atoms with Crippen LogP contribution in [-0.4, -0.2) is 9.97 Å². The Bertz CT molecular complexity index is 748. The Morgan fingerprint density at radius 1 is 1.17 bits per heavy atom. The maximum atomic E-state index is 8.76. The smallest absolute Gasteiger partial charge is 0.137 e. The van der Waals surface area contributed by atoms with Gasteiger partial charge in [0.2, 0.25) is 0 Å². The number of nitrogens with two attached hydrogens (primary N) is 1. The van der Waals surface area contributed by atoms with Gasteiger partial charge in [-0.05, 0) is 29.8 Å². The third-order valence-electron chi connectivity index (χ3n) is 2.82. The van der Waals surface area contributed by atoms with Crippen molar-refractivity contribution in [2.45, 2.75) is 0 Å². The number of nitrogens with one attached hydrogen (secondary N) is 1. The molecule has 3 rings (SSSR count). The molecule has 2 heterocycles. The van der Waals surface area contributed by atoms with Gasteiger partial charge in [0, 0.05) is 11.1 Å². The number of hydrogen-bond acceptors (Lipinski definition) is 3. The summed E-state index contributed by atoms with van der Waals surface area (Å²) in [4.78, 5) is 7.45. The maximum Gasteiger partial charge on any atom is 0.137 e. The van der Waals surface area contributed by atoms with E-state index < -0.39 is 0 Å². The summed E-state index contributed by atoms with van der Waals surface area (Å²) in [6, 6.07) is 13.4. The fourth-order valence-electron chi connectivity index (χ4n) is 1.91. The third-order valence-corrected chi connectivity index (χ3v) is 2.82. The quantitative estimate of drug-likeness (QED) is 0.679. The van der Waals surface area contributed by atoms with Gasteiger partial charge < -0.3 is 10.7 Å². The number of benzene rings is 1. The highest BCUT2D eigenvalue weighted by molar-refractivity contribution is 5.85. The fraction of sp³-hybridized carbons (Fsp3) is 0. The summed E-state index contributed by atoms with van der Waals surface area (Å²) in [6.07, 6.45) is 1.63. The molecule has 0 aliphatic carbocycles. The second kappa shape index (κ2) is 3.90. The van der Waals surface area contributed by atoms with Crippen molar-refractivity contribution < 1.29 is 0 Å². The Kier molecular flexibility index (Phi) is 2.24. The summed E-state index contributed by atoms with van der Waals surface area (Å²) in [5.74, 6) is 0. The van der Waals surface area contributed by atoms with E-state index >= 15 is 0 Å². The summed E-state index contributed by atoms with van der Waals surface area (Å²) in [6.45, 7) is 0. The predicted octanol–water partition coefficient (Wildman–Crippen LogP) is 2.68. The summed E-state index contributed by atoms with van der Waals surface area (Å²) >= 11 is 0. The lowest BCUT2D eigenvalue weighted by atomic mass is 10.1. The van der Waals surface area contributed by atoms with Gasteiger partial charge in [0.05, 0.1) is 23.5 Å². The van der Waals surface area contributed by atoms with E-state index in [9.17, 15) is 0 Å². The average molecular weight is 234 g/mol. The first kappa shape index (κ1) is 10.4. The monoisotopic (exact) mass is 234 g/mol. The lowest BCUT2D eigenvalue weighted by molar-refractivity contribution is 1.32. The average Bonchev–Trinajstić information content (AvgIpc) is 2.81. The zero-order chi connectivity index (χ0) is 12.5. The molecule has 0 atom stereocenters. The van der Waals surface area contributed by atoms with Crippen LogP contribution in [0.1, 0.15) is 5.56 Å². The highest BCUT2D eigenvalue weighted by atomic mass is 14.9. The van der Waals surface area contributed by atoms with E-state index in [-0.39, 0.29) is 0 Å². The van der Waals surface area contributed by atoms with Gasteiger partial charge >= 0.3 is 0 Å². The molecule has 0 aliphatic rings. The molecule has 0 bridgehead atoms. The molecule has 4 nitrogen and oxygen atoms in total. The number of fused-ring (bicyclic) bond motifs is 1. The van der Waals surface area contributed by atoms with Gasteiger partial charge in [-0.15, -0.1) is 0 Å². The van der Waals surface area contributed by atoms with Gasteiger partial charge in [0.15, 0.2) is 0 Å². The zero-order valence-electron chi connectivity index (χ0n) is 9.51. The molecule has 0 saturated heterocycles. The molecule has 0 fully saturated rings. The van der Waals surface area contributed by atoms with E-state index in [1.807, 2.05) is 24.3 Å². The predicted molar refractivity (Wildman–Crippen MR) is 70.7 cm³/mol. The lowest BCUT2D eigenvalue weighted by Gasteiger charge is -1.96. The number of aromatic amines is 1. The van der Waals surface area contributed by atoms with E-state index in [1.54, 1.807) is 18.3 Å². The van der Waals surface area contributed by atoms with Crippen LogP contribution in [0.3, 0.4) is 0 Å². The molecule has 0 aliphatic heterocycles. The second-order valence-electron chi connectivity index (χ2n) is 4.08. The Morgan fingerprint density at radius 3 is 2.67 bits per heavy atom. The van der Waals surface area contributed by atoms with Gasteiger partial charge in [-0.2, -0.15) is 5.26 Å². The number of nitrogen functional groups attached to an aromatic ring is 1. The van der Waals surface area contributed by atoms with Crippen LogP contribution in [0, 0.1) is 11.3 Å². The largest absolute Gasteiger partial charge is 0.397 e. The number of rotatable bonds is 1. The highest BCUT2D eigenvalue weighted by Gasteiger charge is 2.04. The van der Waals surface area contributed by atoms with Gasteiger partial charge in [0.25, 0.3) is 0 Å². The van der Waals surface area contributed by atoms with Crippen LogP contribution in [0.5, 0.6) is 0 Å². The molecule has 0 amide bonds. The molecule has 0 saturated carbocycles. The number of anilines is 1. The van der Waals surface area contributed by atoms with E-state index in [1.165, 1.54) is 0 Å². The Hall–Kier alpha value is -2.80. The Labute approximate surface area is 104 Å². The van der Waals surface area contributed by atoms with Crippen molar-refractivity contribution in [3.63, 3.8) is 0 Å². The minimum absolute atomic E-state index is 0.646. The van der Waals surface area contributed by atoms with Crippen LogP contribution in [0.15, 0.2) is 42.6 Å². The molecule has 0 spiro atoms. The third kappa shape index (κ3) is 1.68. The van der Waals surface area contributed by atoms with Crippen LogP contribution in [0.25, 0.3) is 22.3 Å². The molecule has 3 aromatic rings. The van der Waals surface area contributed by atoms with Gasteiger partial charge in [-0.1, -0.05) is 12.1 Å². The number of H-pyrrole nitrogens is 1. The van der Waals surface area contributed by atoms with Gasteiger partial charge in [0.1, 0.15) is 5.65 Å². The minimum Gasteiger partial charge on any atom is -0.397 e. The van der Waals surface area contributed by atoms with Crippen molar-refractivity contribution in [2.75, 3.05) is 5.73 Å². The number of hydrogen-bond donors (Lipinski definition) is 2. The van der Waals surface area contributed by atoms with Crippen LogP contribution in [0.4, 0.5) is 5.69 Å². The standard InChI is InChI=1S/C14H10N4/c15-7-9-1-3-10(4-2-9)13-6-11-5-12(16)8-17-14(11)18-13/h1-6,8H,16H2,(H,17,18). The van der Waals surface area contributed by atoms with Crippen molar-refractivity contribution >= 4 is 16.7 Å². The molecule has 18 heavy (non-hydrogen) atoms. The molecule has 3 N–H and O–H groups in total. The van der Waals surface area contributed by atoms with Crippen molar-refractivity contribution in [3.05, 3.63) is 48.2 Å². The molecule has 1 aromatic carbocycles. The number of pyridine rings is 1. The topological polar surface area (TPSA) is 78.5 Å². The Balaban J connectivity index is 2.10. The van der Waals surface area contributed by atoms with Crippen molar-refractivity contribution in [1.29, 1.82) is 5.26 Å². The minimum atomic E-state index is 0.646. The molecule has 4 heteroatoms. The molecule has 0 unspecified atom stereocenters. The summed E-state index contributed by atoms with van der Waals surface area (Å²) < 4.78 is 0. The fourth-order valence-corrected chi connectivity index (χ4v) is 1.91. The maximum absolute atomic E-state index is 8.76. The van der Waals surface area contributed by atoms with E-state index in [2.05, 4.69) is 16.0 Å².